The maximum absolute atomic E-state index is 11.5. The number of hydrogen-bond donors (Lipinski definition) is 1. The summed E-state index contributed by atoms with van der Waals surface area (Å²) in [5.74, 6) is -0.975. The summed E-state index contributed by atoms with van der Waals surface area (Å²) in [6.45, 7) is 1.68. The third-order valence-corrected chi connectivity index (χ3v) is 2.52. The summed E-state index contributed by atoms with van der Waals surface area (Å²) in [7, 11) is 0. The van der Waals surface area contributed by atoms with Crippen molar-refractivity contribution in [2.75, 3.05) is 0 Å². The van der Waals surface area contributed by atoms with Crippen LogP contribution in [0.5, 0.6) is 0 Å². The van der Waals surface area contributed by atoms with Gasteiger partial charge in [-0.2, -0.15) is 0 Å². The molecule has 1 aliphatic rings. The van der Waals surface area contributed by atoms with Crippen molar-refractivity contribution in [1.82, 2.24) is 4.57 Å². The first-order valence-corrected chi connectivity index (χ1v) is 4.56. The Balaban J connectivity index is 2.62. The molecule has 0 bridgehead atoms. The van der Waals surface area contributed by atoms with Crippen molar-refractivity contribution in [3.05, 3.63) is 33.7 Å². The summed E-state index contributed by atoms with van der Waals surface area (Å²) >= 11 is 0. The van der Waals surface area contributed by atoms with Gasteiger partial charge in [-0.3, -0.25) is 4.79 Å². The Hall–Kier alpha value is -1.58. The zero-order valence-corrected chi connectivity index (χ0v) is 7.86. The lowest BCUT2D eigenvalue weighted by molar-refractivity contribution is 0.0695. The minimum atomic E-state index is -0.975. The second-order valence-electron chi connectivity index (χ2n) is 3.58. The van der Waals surface area contributed by atoms with Crippen molar-refractivity contribution in [2.24, 2.45) is 0 Å². The Morgan fingerprint density at radius 3 is 2.64 bits per heavy atom. The monoisotopic (exact) mass is 193 g/mol. The second-order valence-corrected chi connectivity index (χ2v) is 3.58. The van der Waals surface area contributed by atoms with E-state index in [-0.39, 0.29) is 17.2 Å². The van der Waals surface area contributed by atoms with Crippen LogP contribution >= 0.6 is 0 Å². The number of nitrogens with zero attached hydrogens (tertiary/aromatic N) is 1. The summed E-state index contributed by atoms with van der Waals surface area (Å²) in [5.41, 5.74) is 0.680. The Bertz CT molecular complexity index is 443. The minimum Gasteiger partial charge on any atom is -0.478 e. The van der Waals surface area contributed by atoms with Gasteiger partial charge in [0.15, 0.2) is 0 Å². The molecule has 1 aromatic rings. The molecule has 4 heteroatoms. The van der Waals surface area contributed by atoms with E-state index in [1.165, 1.54) is 12.1 Å². The van der Waals surface area contributed by atoms with Crippen molar-refractivity contribution >= 4 is 5.97 Å². The topological polar surface area (TPSA) is 59.3 Å². The fourth-order valence-corrected chi connectivity index (χ4v) is 1.66. The van der Waals surface area contributed by atoms with Gasteiger partial charge in [0.1, 0.15) is 0 Å². The number of rotatable bonds is 2. The van der Waals surface area contributed by atoms with E-state index in [0.29, 0.717) is 5.69 Å². The lowest BCUT2D eigenvalue weighted by atomic mass is 10.2. The molecule has 1 saturated carbocycles. The van der Waals surface area contributed by atoms with Gasteiger partial charge in [-0.1, -0.05) is 0 Å². The fourth-order valence-electron chi connectivity index (χ4n) is 1.66. The van der Waals surface area contributed by atoms with E-state index in [2.05, 4.69) is 0 Å². The van der Waals surface area contributed by atoms with E-state index in [1.54, 1.807) is 11.5 Å². The zero-order valence-electron chi connectivity index (χ0n) is 7.86. The molecule has 4 nitrogen and oxygen atoms in total. The highest BCUT2D eigenvalue weighted by atomic mass is 16.4. The van der Waals surface area contributed by atoms with Crippen LogP contribution in [0, 0.1) is 6.92 Å². The number of hydrogen-bond acceptors (Lipinski definition) is 2. The van der Waals surface area contributed by atoms with Crippen LogP contribution in [0.4, 0.5) is 0 Å². The van der Waals surface area contributed by atoms with Crippen LogP contribution in [-0.4, -0.2) is 15.6 Å². The molecule has 0 aromatic carbocycles. The van der Waals surface area contributed by atoms with Gasteiger partial charge < -0.3 is 9.67 Å². The Morgan fingerprint density at radius 2 is 2.14 bits per heavy atom. The number of carboxylic acid groups (broad SMARTS) is 1. The van der Waals surface area contributed by atoms with Crippen LogP contribution < -0.4 is 5.56 Å². The lowest BCUT2D eigenvalue weighted by Crippen LogP contribution is -2.22. The third kappa shape index (κ3) is 1.32. The standard InChI is InChI=1S/C10H11NO3/c1-6-8(10(13)14)4-5-9(12)11(6)7-2-3-7/h4-5,7H,2-3H2,1H3,(H,13,14). The van der Waals surface area contributed by atoms with Gasteiger partial charge in [-0.25, -0.2) is 4.79 Å². The SMILES string of the molecule is Cc1c(C(=O)O)ccc(=O)n1C1CC1. The van der Waals surface area contributed by atoms with Gasteiger partial charge in [0, 0.05) is 17.8 Å². The Kier molecular flexibility index (Phi) is 1.91. The summed E-state index contributed by atoms with van der Waals surface area (Å²) in [6, 6.07) is 2.93. The Labute approximate surface area is 80.8 Å². The number of carbonyl (C=O) groups is 1. The highest BCUT2D eigenvalue weighted by Gasteiger charge is 2.27. The zero-order chi connectivity index (χ0) is 10.3. The van der Waals surface area contributed by atoms with Gasteiger partial charge >= 0.3 is 5.97 Å². The summed E-state index contributed by atoms with van der Waals surface area (Å²) < 4.78 is 1.59. The van der Waals surface area contributed by atoms with Crippen molar-refractivity contribution in [2.45, 2.75) is 25.8 Å². The van der Waals surface area contributed by atoms with E-state index in [1.807, 2.05) is 0 Å². The molecule has 1 N–H and O–H groups in total. The van der Waals surface area contributed by atoms with E-state index >= 15 is 0 Å². The molecule has 0 saturated heterocycles. The number of carboxylic acids is 1. The normalized spacial score (nSPS) is 15.5. The number of aromatic nitrogens is 1. The van der Waals surface area contributed by atoms with Crippen molar-refractivity contribution in [1.29, 1.82) is 0 Å². The van der Waals surface area contributed by atoms with Crippen LogP contribution in [0.2, 0.25) is 0 Å². The minimum absolute atomic E-state index is 0.102. The van der Waals surface area contributed by atoms with Crippen LogP contribution in [0.3, 0.4) is 0 Å². The molecule has 0 radical (unpaired) electrons. The molecule has 0 unspecified atom stereocenters. The van der Waals surface area contributed by atoms with E-state index in [0.717, 1.165) is 12.8 Å². The van der Waals surface area contributed by atoms with Crippen LogP contribution in [0.15, 0.2) is 16.9 Å². The quantitative estimate of drug-likeness (QED) is 0.767. The van der Waals surface area contributed by atoms with E-state index in [9.17, 15) is 9.59 Å². The Morgan fingerprint density at radius 1 is 1.50 bits per heavy atom. The molecule has 0 spiro atoms. The summed E-state index contributed by atoms with van der Waals surface area (Å²) in [4.78, 5) is 22.3. The van der Waals surface area contributed by atoms with Crippen LogP contribution in [0.25, 0.3) is 0 Å². The summed E-state index contributed by atoms with van der Waals surface area (Å²) in [6.07, 6.45) is 1.95. The van der Waals surface area contributed by atoms with Gasteiger partial charge in [-0.05, 0) is 25.8 Å². The highest BCUT2D eigenvalue weighted by molar-refractivity contribution is 5.88. The predicted molar refractivity (Wildman–Crippen MR) is 50.7 cm³/mol. The number of pyridine rings is 1. The number of aromatic carboxylic acids is 1. The lowest BCUT2D eigenvalue weighted by Gasteiger charge is -2.09. The molecule has 1 aromatic heterocycles. The van der Waals surface area contributed by atoms with Gasteiger partial charge in [-0.15, -0.1) is 0 Å². The van der Waals surface area contributed by atoms with Crippen molar-refractivity contribution < 1.29 is 9.90 Å². The van der Waals surface area contributed by atoms with Gasteiger partial charge in [0.25, 0.3) is 5.56 Å². The van der Waals surface area contributed by atoms with E-state index < -0.39 is 5.97 Å². The largest absolute Gasteiger partial charge is 0.478 e. The van der Waals surface area contributed by atoms with Crippen LogP contribution in [-0.2, 0) is 0 Å². The second kappa shape index (κ2) is 2.97. The molecule has 1 heterocycles. The summed E-state index contributed by atoms with van der Waals surface area (Å²) in [5, 5.41) is 8.87. The molecule has 2 rings (SSSR count). The molecule has 74 valence electrons. The molecule has 0 amide bonds. The van der Waals surface area contributed by atoms with Gasteiger partial charge in [0.2, 0.25) is 0 Å². The molecule has 14 heavy (non-hydrogen) atoms. The highest BCUT2D eigenvalue weighted by Crippen LogP contribution is 2.34. The molecule has 0 atom stereocenters. The maximum atomic E-state index is 11.5. The maximum Gasteiger partial charge on any atom is 0.337 e. The average molecular weight is 193 g/mol. The molecular formula is C10H11NO3. The average Bonchev–Trinajstić information content (AvgIpc) is 2.87. The van der Waals surface area contributed by atoms with Crippen molar-refractivity contribution in [3.63, 3.8) is 0 Å². The first kappa shape index (κ1) is 8.99. The predicted octanol–water partition coefficient (Wildman–Crippen LogP) is 1.19. The molecular weight excluding hydrogens is 182 g/mol. The van der Waals surface area contributed by atoms with Crippen LogP contribution in [0.1, 0.15) is 34.9 Å². The molecule has 1 aliphatic carbocycles. The fraction of sp³-hybridized carbons (Fsp3) is 0.400. The molecule has 0 aliphatic heterocycles. The first-order valence-electron chi connectivity index (χ1n) is 4.56. The molecule has 1 fully saturated rings. The van der Waals surface area contributed by atoms with Crippen molar-refractivity contribution in [3.8, 4) is 0 Å². The van der Waals surface area contributed by atoms with Gasteiger partial charge in [0.05, 0.1) is 5.56 Å². The third-order valence-electron chi connectivity index (χ3n) is 2.52. The smallest absolute Gasteiger partial charge is 0.337 e. The van der Waals surface area contributed by atoms with E-state index in [4.69, 9.17) is 5.11 Å². The first-order chi connectivity index (χ1) is 6.61.